The van der Waals surface area contributed by atoms with Gasteiger partial charge in [-0.05, 0) is 60.0 Å². The van der Waals surface area contributed by atoms with E-state index in [4.69, 9.17) is 14.8 Å². The van der Waals surface area contributed by atoms with Gasteiger partial charge >= 0.3 is 0 Å². The Kier molecular flexibility index (Phi) is 9.61. The Balaban J connectivity index is 2.14. The highest BCUT2D eigenvalue weighted by molar-refractivity contribution is 7.94. The SMILES string of the molecule is C=C(N=C(/C(CP(Oc1ccccc1)Oc1ccccc1)=C(\N)c1ccc(F)cc1)C(C)C)S(C)(=O)=O. The van der Waals surface area contributed by atoms with Crippen molar-refractivity contribution >= 4 is 29.6 Å². The van der Waals surface area contributed by atoms with Crippen LogP contribution in [0.15, 0.2) is 107 Å². The van der Waals surface area contributed by atoms with Gasteiger partial charge in [-0.25, -0.2) is 17.8 Å². The molecule has 0 bridgehead atoms. The normalized spacial score (nSPS) is 12.9. The predicted molar refractivity (Wildman–Crippen MR) is 150 cm³/mol. The molecule has 0 atom stereocenters. The van der Waals surface area contributed by atoms with Gasteiger partial charge in [0.1, 0.15) is 22.3 Å². The van der Waals surface area contributed by atoms with Crippen LogP contribution in [0.25, 0.3) is 5.70 Å². The van der Waals surface area contributed by atoms with Crippen LogP contribution in [-0.2, 0) is 9.84 Å². The molecule has 0 saturated carbocycles. The van der Waals surface area contributed by atoms with Crippen molar-refractivity contribution in [1.29, 1.82) is 0 Å². The second-order valence-corrected chi connectivity index (χ2v) is 11.9. The third-order valence-electron chi connectivity index (χ3n) is 5.20. The van der Waals surface area contributed by atoms with Crippen molar-refractivity contribution < 1.29 is 21.9 Å². The molecule has 0 heterocycles. The lowest BCUT2D eigenvalue weighted by Gasteiger charge is -2.23. The predicted octanol–water partition coefficient (Wildman–Crippen LogP) is 6.58. The summed E-state index contributed by atoms with van der Waals surface area (Å²) < 4.78 is 50.5. The van der Waals surface area contributed by atoms with Gasteiger partial charge < -0.3 is 14.8 Å². The molecule has 0 spiro atoms. The second-order valence-electron chi connectivity index (χ2n) is 8.52. The summed E-state index contributed by atoms with van der Waals surface area (Å²) in [6.45, 7) is 7.40. The van der Waals surface area contributed by atoms with E-state index in [1.165, 1.54) is 12.1 Å². The van der Waals surface area contributed by atoms with Gasteiger partial charge in [-0.3, -0.25) is 0 Å². The maximum Gasteiger partial charge on any atom is 0.295 e. The lowest BCUT2D eigenvalue weighted by atomic mass is 9.96. The van der Waals surface area contributed by atoms with Gasteiger partial charge in [0.05, 0.1) is 11.9 Å². The number of hydrogen-bond donors (Lipinski definition) is 1. The van der Waals surface area contributed by atoms with Crippen LogP contribution < -0.4 is 14.8 Å². The summed E-state index contributed by atoms with van der Waals surface area (Å²) in [7, 11) is -5.30. The van der Waals surface area contributed by atoms with Gasteiger partial charge in [0.2, 0.25) is 0 Å². The number of benzene rings is 3. The van der Waals surface area contributed by atoms with E-state index in [-0.39, 0.29) is 17.1 Å². The lowest BCUT2D eigenvalue weighted by Crippen LogP contribution is -2.21. The Hall–Kier alpha value is -3.48. The monoisotopic (exact) mass is 540 g/mol. The van der Waals surface area contributed by atoms with Crippen molar-refractivity contribution in [2.75, 3.05) is 12.4 Å². The quantitative estimate of drug-likeness (QED) is 0.219. The summed E-state index contributed by atoms with van der Waals surface area (Å²) in [4.78, 5) is 4.40. The first-order valence-corrected chi connectivity index (χ1v) is 14.8. The minimum atomic E-state index is -3.64. The van der Waals surface area contributed by atoms with Crippen LogP contribution in [0.5, 0.6) is 11.5 Å². The van der Waals surface area contributed by atoms with E-state index in [2.05, 4.69) is 11.6 Å². The molecule has 194 valence electrons. The van der Waals surface area contributed by atoms with Gasteiger partial charge in [-0.15, -0.1) is 0 Å². The Morgan fingerprint density at radius 1 is 0.946 bits per heavy atom. The Morgan fingerprint density at radius 3 is 1.86 bits per heavy atom. The maximum atomic E-state index is 13.6. The van der Waals surface area contributed by atoms with Crippen LogP contribution >= 0.6 is 8.38 Å². The molecule has 6 nitrogen and oxygen atoms in total. The molecule has 2 N–H and O–H groups in total. The Bertz CT molecular complexity index is 1330. The number of nitrogens with zero attached hydrogens (tertiary/aromatic N) is 1. The molecule has 0 saturated heterocycles. The molecule has 0 aliphatic rings. The molecule has 3 aromatic carbocycles. The largest absolute Gasteiger partial charge is 0.438 e. The van der Waals surface area contributed by atoms with Crippen molar-refractivity contribution in [3.05, 3.63) is 113 Å². The molecule has 0 unspecified atom stereocenters. The second kappa shape index (κ2) is 12.7. The molecule has 0 amide bonds. The number of hydrogen-bond acceptors (Lipinski definition) is 6. The minimum Gasteiger partial charge on any atom is -0.438 e. The van der Waals surface area contributed by atoms with Crippen molar-refractivity contribution in [3.63, 3.8) is 0 Å². The average molecular weight is 541 g/mol. The highest BCUT2D eigenvalue weighted by atomic mass is 32.2. The zero-order valence-electron chi connectivity index (χ0n) is 21.0. The van der Waals surface area contributed by atoms with Gasteiger partial charge in [0.25, 0.3) is 8.38 Å². The topological polar surface area (TPSA) is 91.0 Å². The molecule has 0 aliphatic heterocycles. The summed E-state index contributed by atoms with van der Waals surface area (Å²) in [5.74, 6) is 0.585. The number of rotatable bonds is 11. The van der Waals surface area contributed by atoms with Crippen molar-refractivity contribution in [3.8, 4) is 11.5 Å². The summed E-state index contributed by atoms with van der Waals surface area (Å²) in [5, 5.41) is -0.280. The van der Waals surface area contributed by atoms with Crippen LogP contribution in [0, 0.1) is 11.7 Å². The number of para-hydroxylation sites is 2. The maximum absolute atomic E-state index is 13.6. The van der Waals surface area contributed by atoms with Gasteiger partial charge in [-0.1, -0.05) is 56.8 Å². The molecule has 0 fully saturated rings. The van der Waals surface area contributed by atoms with Crippen molar-refractivity contribution in [2.24, 2.45) is 16.6 Å². The number of halogens is 1. The first kappa shape index (κ1) is 28.1. The van der Waals surface area contributed by atoms with Crippen molar-refractivity contribution in [2.45, 2.75) is 13.8 Å². The number of sulfone groups is 1. The zero-order valence-corrected chi connectivity index (χ0v) is 22.7. The number of allylic oxidation sites excluding steroid dienone is 1. The molecule has 9 heteroatoms. The highest BCUT2D eigenvalue weighted by Gasteiger charge is 2.26. The smallest absolute Gasteiger partial charge is 0.295 e. The molecule has 0 aliphatic carbocycles. The van der Waals surface area contributed by atoms with E-state index in [9.17, 15) is 12.8 Å². The highest BCUT2D eigenvalue weighted by Crippen LogP contribution is 2.43. The fraction of sp³-hybridized carbons (Fsp3) is 0.179. The fourth-order valence-electron chi connectivity index (χ4n) is 3.28. The molecule has 0 radical (unpaired) electrons. The molecular weight excluding hydrogens is 510 g/mol. The van der Waals surface area contributed by atoms with Gasteiger partial charge in [0.15, 0.2) is 9.84 Å². The number of aliphatic imine (C=N–C) groups is 1. The summed E-state index contributed by atoms with van der Waals surface area (Å²) in [6, 6.07) is 24.2. The van der Waals surface area contributed by atoms with Crippen LogP contribution in [0.4, 0.5) is 4.39 Å². The molecular formula is C28H30FN2O4PS. The van der Waals surface area contributed by atoms with E-state index in [0.29, 0.717) is 34.0 Å². The van der Waals surface area contributed by atoms with Crippen LogP contribution in [0.3, 0.4) is 0 Å². The average Bonchev–Trinajstić information content (AvgIpc) is 2.86. The first-order valence-electron chi connectivity index (χ1n) is 11.5. The van der Waals surface area contributed by atoms with E-state index in [1.807, 2.05) is 74.5 Å². The molecule has 37 heavy (non-hydrogen) atoms. The third kappa shape index (κ3) is 8.27. The first-order chi connectivity index (χ1) is 17.5. The fourth-order valence-corrected chi connectivity index (χ4v) is 5.02. The van der Waals surface area contributed by atoms with Crippen LogP contribution in [0.1, 0.15) is 19.4 Å². The van der Waals surface area contributed by atoms with E-state index in [1.54, 1.807) is 12.1 Å². The zero-order chi connectivity index (χ0) is 27.0. The van der Waals surface area contributed by atoms with E-state index in [0.717, 1.165) is 6.26 Å². The van der Waals surface area contributed by atoms with Gasteiger partial charge in [-0.2, -0.15) is 0 Å². The molecule has 3 aromatic rings. The van der Waals surface area contributed by atoms with Crippen LogP contribution in [-0.4, -0.2) is 26.5 Å². The van der Waals surface area contributed by atoms with Crippen LogP contribution in [0.2, 0.25) is 0 Å². The molecule has 0 aromatic heterocycles. The number of nitrogens with two attached hydrogens (primary N) is 1. The van der Waals surface area contributed by atoms with Crippen molar-refractivity contribution in [1.82, 2.24) is 0 Å². The van der Waals surface area contributed by atoms with E-state index < -0.39 is 24.0 Å². The summed E-state index contributed by atoms with van der Waals surface area (Å²) >= 11 is 0. The Morgan fingerprint density at radius 2 is 1.43 bits per heavy atom. The lowest BCUT2D eigenvalue weighted by molar-refractivity contribution is 0.492. The molecule has 3 rings (SSSR count). The standard InChI is InChI=1S/C28H30FN2O4PS/c1-20(2)28(31-21(3)37(4,32)33)26(27(30)22-15-17-23(29)18-16-22)19-36(34-24-11-7-5-8-12-24)35-25-13-9-6-10-14-25/h5-18,20H,3,19,30H2,1-2,4H3/b27-26-,31-28?. The summed E-state index contributed by atoms with van der Waals surface area (Å²) in [5.41, 5.74) is 8.48. The summed E-state index contributed by atoms with van der Waals surface area (Å²) in [6.07, 6.45) is 1.23. The minimum absolute atomic E-state index is 0.177. The van der Waals surface area contributed by atoms with E-state index >= 15 is 0 Å². The Labute approximate surface area is 219 Å². The third-order valence-corrected chi connectivity index (χ3v) is 7.55. The van der Waals surface area contributed by atoms with Gasteiger partial charge in [0, 0.05) is 17.5 Å².